The monoisotopic (exact) mass is 234 g/mol. The lowest BCUT2D eigenvalue weighted by atomic mass is 10.3. The highest BCUT2D eigenvalue weighted by atomic mass is 35.5. The fourth-order valence-corrected chi connectivity index (χ4v) is 1.77. The molecule has 1 N–H and O–H groups in total. The molecule has 0 aliphatic heterocycles. The van der Waals surface area contributed by atoms with Gasteiger partial charge in [-0.25, -0.2) is 9.61 Å². The van der Waals surface area contributed by atoms with Crippen molar-refractivity contribution in [2.45, 2.75) is 6.92 Å². The van der Waals surface area contributed by atoms with E-state index in [0.717, 1.165) is 11.0 Å². The molecule has 3 aromatic rings. The van der Waals surface area contributed by atoms with Crippen LogP contribution in [0.4, 0.5) is 0 Å². The molecule has 0 bridgehead atoms. The first-order chi connectivity index (χ1) is 7.75. The molecule has 16 heavy (non-hydrogen) atoms. The number of aromatic amines is 1. The molecule has 0 radical (unpaired) electrons. The smallest absolute Gasteiger partial charge is 0.173 e. The van der Waals surface area contributed by atoms with Crippen molar-refractivity contribution in [3.8, 4) is 11.5 Å². The molecule has 0 atom stereocenters. The maximum Gasteiger partial charge on any atom is 0.173 e. The fraction of sp³-hybridized carbons (Fsp3) is 0.100. The van der Waals surface area contributed by atoms with Gasteiger partial charge in [0.25, 0.3) is 0 Å². The van der Waals surface area contributed by atoms with E-state index in [9.17, 15) is 0 Å². The van der Waals surface area contributed by atoms with Gasteiger partial charge >= 0.3 is 0 Å². The van der Waals surface area contributed by atoms with Crippen molar-refractivity contribution in [3.63, 3.8) is 0 Å². The molecule has 0 fully saturated rings. The van der Waals surface area contributed by atoms with Gasteiger partial charge in [-0.1, -0.05) is 22.8 Å². The molecule has 0 saturated carbocycles. The summed E-state index contributed by atoms with van der Waals surface area (Å²) in [6.07, 6.45) is 0. The first-order valence-electron chi connectivity index (χ1n) is 4.69. The van der Waals surface area contributed by atoms with Crippen LogP contribution in [0.3, 0.4) is 0 Å². The van der Waals surface area contributed by atoms with Crippen LogP contribution in [0, 0.1) is 6.92 Å². The normalized spacial score (nSPS) is 11.1. The summed E-state index contributed by atoms with van der Waals surface area (Å²) in [5.74, 6) is 0.613. The number of halogens is 1. The summed E-state index contributed by atoms with van der Waals surface area (Å²) < 4.78 is 4.63. The van der Waals surface area contributed by atoms with E-state index in [2.05, 4.69) is 24.9 Å². The second-order valence-electron chi connectivity index (χ2n) is 3.42. The summed E-state index contributed by atoms with van der Waals surface area (Å²) in [4.78, 5) is 7.49. The van der Waals surface area contributed by atoms with Crippen molar-refractivity contribution in [2.24, 2.45) is 0 Å². The Hall–Kier alpha value is -1.88. The number of imidazole rings is 1. The number of hydrogen-bond acceptors (Lipinski definition) is 4. The van der Waals surface area contributed by atoms with Crippen LogP contribution in [0.2, 0.25) is 5.02 Å². The first kappa shape index (κ1) is 9.35. The number of aryl methyl sites for hydroxylation is 1. The molecular formula is C10H7ClN4O. The zero-order valence-electron chi connectivity index (χ0n) is 8.36. The third-order valence-corrected chi connectivity index (χ3v) is 2.65. The van der Waals surface area contributed by atoms with Gasteiger partial charge in [-0.05, 0) is 24.2 Å². The zero-order valence-corrected chi connectivity index (χ0v) is 9.12. The molecule has 0 amide bonds. The molecule has 2 aromatic heterocycles. The molecule has 5 nitrogen and oxygen atoms in total. The SMILES string of the molecule is Cc1nonc1-c1nc2c(Cl)cccc2[nH]1. The Kier molecular flexibility index (Phi) is 1.94. The molecule has 6 heteroatoms. The minimum atomic E-state index is 0.604. The Morgan fingerprint density at radius 2 is 2.19 bits per heavy atom. The maximum atomic E-state index is 6.03. The number of nitrogens with one attached hydrogen (secondary N) is 1. The first-order valence-corrected chi connectivity index (χ1v) is 5.07. The third kappa shape index (κ3) is 1.29. The van der Waals surface area contributed by atoms with Crippen molar-refractivity contribution in [2.75, 3.05) is 0 Å². The van der Waals surface area contributed by atoms with E-state index in [1.807, 2.05) is 12.1 Å². The van der Waals surface area contributed by atoms with Crippen molar-refractivity contribution in [1.82, 2.24) is 20.3 Å². The molecule has 0 unspecified atom stereocenters. The van der Waals surface area contributed by atoms with Crippen LogP contribution in [0.5, 0.6) is 0 Å². The zero-order chi connectivity index (χ0) is 11.1. The van der Waals surface area contributed by atoms with Crippen LogP contribution >= 0.6 is 11.6 Å². The Balaban J connectivity index is 2.27. The van der Waals surface area contributed by atoms with Crippen molar-refractivity contribution in [3.05, 3.63) is 28.9 Å². The molecule has 3 rings (SSSR count). The molecular weight excluding hydrogens is 228 g/mol. The number of benzene rings is 1. The topological polar surface area (TPSA) is 67.6 Å². The van der Waals surface area contributed by atoms with E-state index >= 15 is 0 Å². The highest BCUT2D eigenvalue weighted by Gasteiger charge is 2.13. The van der Waals surface area contributed by atoms with Crippen molar-refractivity contribution >= 4 is 22.6 Å². The van der Waals surface area contributed by atoms with Crippen LogP contribution in [0.15, 0.2) is 22.8 Å². The average molecular weight is 235 g/mol. The van der Waals surface area contributed by atoms with E-state index in [1.165, 1.54) is 0 Å². The van der Waals surface area contributed by atoms with E-state index in [-0.39, 0.29) is 0 Å². The second kappa shape index (κ2) is 3.31. The second-order valence-corrected chi connectivity index (χ2v) is 3.83. The van der Waals surface area contributed by atoms with Crippen molar-refractivity contribution < 1.29 is 4.63 Å². The number of nitrogens with zero attached hydrogens (tertiary/aromatic N) is 3. The van der Waals surface area contributed by atoms with Crippen LogP contribution in [0.25, 0.3) is 22.6 Å². The van der Waals surface area contributed by atoms with E-state index in [1.54, 1.807) is 13.0 Å². The Morgan fingerprint density at radius 1 is 1.31 bits per heavy atom. The number of rotatable bonds is 1. The van der Waals surface area contributed by atoms with Gasteiger partial charge in [0.05, 0.1) is 10.5 Å². The van der Waals surface area contributed by atoms with Gasteiger partial charge in [0, 0.05) is 0 Å². The molecule has 80 valence electrons. The Morgan fingerprint density at radius 3 is 2.88 bits per heavy atom. The summed E-state index contributed by atoms with van der Waals surface area (Å²) in [5, 5.41) is 8.10. The van der Waals surface area contributed by atoms with Gasteiger partial charge in [0.1, 0.15) is 11.2 Å². The average Bonchev–Trinajstić information content (AvgIpc) is 2.84. The van der Waals surface area contributed by atoms with Gasteiger partial charge in [-0.15, -0.1) is 0 Å². The molecule has 0 aliphatic carbocycles. The largest absolute Gasteiger partial charge is 0.336 e. The molecule has 0 spiro atoms. The van der Waals surface area contributed by atoms with Crippen LogP contribution in [0.1, 0.15) is 5.69 Å². The maximum absolute atomic E-state index is 6.03. The van der Waals surface area contributed by atoms with Crippen molar-refractivity contribution in [1.29, 1.82) is 0 Å². The lowest BCUT2D eigenvalue weighted by Gasteiger charge is -1.88. The van der Waals surface area contributed by atoms with E-state index < -0.39 is 0 Å². The number of fused-ring (bicyclic) bond motifs is 1. The highest BCUT2D eigenvalue weighted by molar-refractivity contribution is 6.34. The van der Waals surface area contributed by atoms with Gasteiger partial charge < -0.3 is 4.98 Å². The predicted molar refractivity (Wildman–Crippen MR) is 59.1 cm³/mol. The number of para-hydroxylation sites is 1. The Bertz CT molecular complexity index is 658. The summed E-state index contributed by atoms with van der Waals surface area (Å²) in [5.41, 5.74) is 2.88. The third-order valence-electron chi connectivity index (χ3n) is 2.34. The summed E-state index contributed by atoms with van der Waals surface area (Å²) >= 11 is 6.03. The quantitative estimate of drug-likeness (QED) is 0.703. The lowest BCUT2D eigenvalue weighted by Crippen LogP contribution is -1.83. The fourth-order valence-electron chi connectivity index (χ4n) is 1.56. The summed E-state index contributed by atoms with van der Waals surface area (Å²) in [6.45, 7) is 1.81. The van der Waals surface area contributed by atoms with E-state index in [0.29, 0.717) is 22.2 Å². The standard InChI is InChI=1S/C10H7ClN4O/c1-5-8(15-16-14-5)10-12-7-4-2-3-6(11)9(7)13-10/h2-4H,1H3,(H,12,13). The minimum absolute atomic E-state index is 0.604. The summed E-state index contributed by atoms with van der Waals surface area (Å²) in [7, 11) is 0. The van der Waals surface area contributed by atoms with Crippen LogP contribution in [-0.4, -0.2) is 20.3 Å². The predicted octanol–water partition coefficient (Wildman–Crippen LogP) is 2.57. The molecule has 2 heterocycles. The van der Waals surface area contributed by atoms with Crippen LogP contribution < -0.4 is 0 Å². The lowest BCUT2D eigenvalue weighted by molar-refractivity contribution is 0.305. The number of aromatic nitrogens is 4. The number of hydrogen-bond donors (Lipinski definition) is 1. The van der Waals surface area contributed by atoms with E-state index in [4.69, 9.17) is 11.6 Å². The summed E-state index contributed by atoms with van der Waals surface area (Å²) in [6, 6.07) is 5.56. The molecule has 0 saturated heterocycles. The Labute approximate surface area is 95.4 Å². The molecule has 1 aromatic carbocycles. The highest BCUT2D eigenvalue weighted by Crippen LogP contribution is 2.25. The van der Waals surface area contributed by atoms with Gasteiger partial charge in [0.15, 0.2) is 11.5 Å². The van der Waals surface area contributed by atoms with Crippen LogP contribution in [-0.2, 0) is 0 Å². The molecule has 0 aliphatic rings. The van der Waals surface area contributed by atoms with Gasteiger partial charge in [-0.2, -0.15) is 0 Å². The number of H-pyrrole nitrogens is 1. The van der Waals surface area contributed by atoms with Gasteiger partial charge in [-0.3, -0.25) is 0 Å². The van der Waals surface area contributed by atoms with Gasteiger partial charge in [0.2, 0.25) is 0 Å². The minimum Gasteiger partial charge on any atom is -0.336 e.